The van der Waals surface area contributed by atoms with Crippen LogP contribution in [0.15, 0.2) is 64.8 Å². The minimum Gasteiger partial charge on any atom is -0.291 e. The highest BCUT2D eigenvalue weighted by atomic mass is 32.2. The van der Waals surface area contributed by atoms with Gasteiger partial charge in [0, 0.05) is 13.1 Å². The van der Waals surface area contributed by atoms with Gasteiger partial charge in [0.2, 0.25) is 0 Å². The van der Waals surface area contributed by atoms with Gasteiger partial charge in [-0.25, -0.2) is 8.42 Å². The molecule has 6 nitrogen and oxygen atoms in total. The highest BCUT2D eigenvalue weighted by Crippen LogP contribution is 2.51. The molecule has 2 atom stereocenters. The fourth-order valence-electron chi connectivity index (χ4n) is 3.92. The molecule has 2 aromatic carbocycles. The summed E-state index contributed by atoms with van der Waals surface area (Å²) in [5.74, 6) is 0. The lowest BCUT2D eigenvalue weighted by Crippen LogP contribution is -2.46. The minimum absolute atomic E-state index is 0.239. The molecular weight excluding hydrogens is 338 g/mol. The average Bonchev–Trinajstić information content (AvgIpc) is 2.90. The summed E-state index contributed by atoms with van der Waals surface area (Å²) >= 11 is 0. The predicted octanol–water partition coefficient (Wildman–Crippen LogP) is 2.56. The van der Waals surface area contributed by atoms with Crippen LogP contribution in [0.4, 0.5) is 0 Å². The lowest BCUT2D eigenvalue weighted by Gasteiger charge is -2.37. The van der Waals surface area contributed by atoms with Gasteiger partial charge in [0.1, 0.15) is 5.25 Å². The van der Waals surface area contributed by atoms with Crippen LogP contribution in [0, 0.1) is 4.91 Å². The van der Waals surface area contributed by atoms with E-state index in [1.54, 1.807) is 12.1 Å². The van der Waals surface area contributed by atoms with Crippen molar-refractivity contribution in [1.82, 2.24) is 9.91 Å². The number of fused-ring (bicyclic) bond motifs is 1. The van der Waals surface area contributed by atoms with Crippen LogP contribution in [0.5, 0.6) is 0 Å². The van der Waals surface area contributed by atoms with Crippen molar-refractivity contribution in [2.45, 2.75) is 16.2 Å². The molecule has 1 saturated heterocycles. The molecule has 0 amide bonds. The molecule has 2 aliphatic rings. The average molecular weight is 357 g/mol. The zero-order valence-corrected chi connectivity index (χ0v) is 14.5. The van der Waals surface area contributed by atoms with Crippen LogP contribution < -0.4 is 0 Å². The summed E-state index contributed by atoms with van der Waals surface area (Å²) in [6.07, 6.45) is 0. The van der Waals surface area contributed by atoms with Crippen molar-refractivity contribution in [2.75, 3.05) is 26.2 Å². The maximum Gasteiger partial charge on any atom is 0.187 e. The third kappa shape index (κ3) is 2.63. The monoisotopic (exact) mass is 357 g/mol. The standard InChI is InChI=1S/C18H19N3O3S/c22-19-21-12-10-20(11-13-21)17-15-8-4-5-9-16(15)25(23,24)18(17)14-6-2-1-3-7-14/h1-9,17-18H,10-13H2. The van der Waals surface area contributed by atoms with E-state index in [0.29, 0.717) is 31.1 Å². The number of rotatable bonds is 3. The molecule has 2 heterocycles. The third-order valence-electron chi connectivity index (χ3n) is 5.09. The van der Waals surface area contributed by atoms with Crippen molar-refractivity contribution in [3.05, 3.63) is 70.6 Å². The second-order valence-corrected chi connectivity index (χ2v) is 8.47. The molecular formula is C18H19N3O3S. The maximum absolute atomic E-state index is 13.3. The van der Waals surface area contributed by atoms with Crippen LogP contribution >= 0.6 is 0 Å². The van der Waals surface area contributed by atoms with Crippen molar-refractivity contribution < 1.29 is 8.42 Å². The molecule has 0 bridgehead atoms. The van der Waals surface area contributed by atoms with Gasteiger partial charge < -0.3 is 0 Å². The highest BCUT2D eigenvalue weighted by molar-refractivity contribution is 7.92. The van der Waals surface area contributed by atoms with Gasteiger partial charge in [0.25, 0.3) is 0 Å². The maximum atomic E-state index is 13.3. The summed E-state index contributed by atoms with van der Waals surface area (Å²) in [4.78, 5) is 13.3. The minimum atomic E-state index is -3.46. The molecule has 1 fully saturated rings. The Morgan fingerprint density at radius 2 is 1.52 bits per heavy atom. The molecule has 7 heteroatoms. The van der Waals surface area contributed by atoms with E-state index in [2.05, 4.69) is 10.2 Å². The van der Waals surface area contributed by atoms with E-state index in [1.807, 2.05) is 42.5 Å². The van der Waals surface area contributed by atoms with Crippen molar-refractivity contribution in [2.24, 2.45) is 5.29 Å². The molecule has 0 radical (unpaired) electrons. The zero-order valence-electron chi connectivity index (χ0n) is 13.7. The Morgan fingerprint density at radius 1 is 0.880 bits per heavy atom. The lowest BCUT2D eigenvalue weighted by atomic mass is 9.96. The molecule has 0 spiro atoms. The number of benzene rings is 2. The Labute approximate surface area is 146 Å². The van der Waals surface area contributed by atoms with Gasteiger partial charge in [0.15, 0.2) is 9.84 Å². The van der Waals surface area contributed by atoms with E-state index < -0.39 is 15.1 Å². The molecule has 2 aromatic rings. The van der Waals surface area contributed by atoms with Gasteiger partial charge in [-0.05, 0) is 17.2 Å². The van der Waals surface area contributed by atoms with Crippen LogP contribution in [-0.2, 0) is 9.84 Å². The van der Waals surface area contributed by atoms with Crippen LogP contribution in [0.1, 0.15) is 22.4 Å². The molecule has 2 aliphatic heterocycles. The quantitative estimate of drug-likeness (QED) is 0.790. The Bertz CT molecular complexity index is 877. The first kappa shape index (κ1) is 16.2. The Balaban J connectivity index is 1.80. The summed E-state index contributed by atoms with van der Waals surface area (Å²) < 4.78 is 26.5. The summed E-state index contributed by atoms with van der Waals surface area (Å²) in [7, 11) is -3.46. The van der Waals surface area contributed by atoms with E-state index in [9.17, 15) is 13.3 Å². The Kier molecular flexibility index (Phi) is 4.05. The van der Waals surface area contributed by atoms with E-state index >= 15 is 0 Å². The van der Waals surface area contributed by atoms with Crippen LogP contribution in [0.3, 0.4) is 0 Å². The van der Waals surface area contributed by atoms with E-state index in [0.717, 1.165) is 11.1 Å². The molecule has 25 heavy (non-hydrogen) atoms. The number of hydrogen-bond acceptors (Lipinski definition) is 5. The van der Waals surface area contributed by atoms with E-state index in [-0.39, 0.29) is 6.04 Å². The Hall–Kier alpha value is -2.25. The van der Waals surface area contributed by atoms with Crippen LogP contribution in [0.25, 0.3) is 0 Å². The van der Waals surface area contributed by atoms with Gasteiger partial charge in [-0.2, -0.15) is 0 Å². The first-order valence-electron chi connectivity index (χ1n) is 8.33. The molecule has 0 saturated carbocycles. The summed E-state index contributed by atoms with van der Waals surface area (Å²) in [6, 6.07) is 16.4. The number of sulfone groups is 1. The molecule has 0 aromatic heterocycles. The van der Waals surface area contributed by atoms with Gasteiger partial charge in [-0.1, -0.05) is 48.5 Å². The molecule has 4 rings (SSSR count). The zero-order chi connectivity index (χ0) is 17.4. The molecule has 2 unspecified atom stereocenters. The van der Waals surface area contributed by atoms with Gasteiger partial charge in [-0.3, -0.25) is 9.91 Å². The normalized spacial score (nSPS) is 25.5. The van der Waals surface area contributed by atoms with Gasteiger partial charge in [-0.15, -0.1) is 4.91 Å². The summed E-state index contributed by atoms with van der Waals surface area (Å²) in [6.45, 7) is 2.26. The summed E-state index contributed by atoms with van der Waals surface area (Å²) in [5.41, 5.74) is 1.66. The highest BCUT2D eigenvalue weighted by Gasteiger charge is 2.48. The fourth-order valence-corrected chi connectivity index (χ4v) is 6.15. The first-order valence-corrected chi connectivity index (χ1v) is 9.87. The second kappa shape index (κ2) is 6.24. The number of nitroso groups, excluding NO2 is 1. The summed E-state index contributed by atoms with van der Waals surface area (Å²) in [5, 5.41) is 3.86. The largest absolute Gasteiger partial charge is 0.291 e. The van der Waals surface area contributed by atoms with Crippen molar-refractivity contribution >= 4 is 9.84 Å². The topological polar surface area (TPSA) is 70.1 Å². The number of nitrogens with zero attached hydrogens (tertiary/aromatic N) is 3. The predicted molar refractivity (Wildman–Crippen MR) is 94.5 cm³/mol. The van der Waals surface area contributed by atoms with Gasteiger partial charge in [0.05, 0.1) is 29.3 Å². The SMILES string of the molecule is O=NN1CCN(C2c3ccccc3S(=O)(=O)C2c2ccccc2)CC1. The van der Waals surface area contributed by atoms with Crippen LogP contribution in [0.2, 0.25) is 0 Å². The van der Waals surface area contributed by atoms with E-state index in [1.165, 1.54) is 5.01 Å². The van der Waals surface area contributed by atoms with E-state index in [4.69, 9.17) is 0 Å². The first-order chi connectivity index (χ1) is 12.1. The third-order valence-corrected chi connectivity index (χ3v) is 7.28. The van der Waals surface area contributed by atoms with Crippen molar-refractivity contribution in [3.8, 4) is 0 Å². The van der Waals surface area contributed by atoms with Crippen molar-refractivity contribution in [3.63, 3.8) is 0 Å². The van der Waals surface area contributed by atoms with Crippen LogP contribution in [-0.4, -0.2) is 44.5 Å². The molecule has 0 N–H and O–H groups in total. The Morgan fingerprint density at radius 3 is 2.20 bits per heavy atom. The number of piperazine rings is 1. The fraction of sp³-hybridized carbons (Fsp3) is 0.333. The van der Waals surface area contributed by atoms with Gasteiger partial charge >= 0.3 is 0 Å². The molecule has 0 aliphatic carbocycles. The second-order valence-electron chi connectivity index (χ2n) is 6.43. The van der Waals surface area contributed by atoms with Crippen molar-refractivity contribution in [1.29, 1.82) is 0 Å². The lowest BCUT2D eigenvalue weighted by molar-refractivity contribution is 0.0953. The number of hydrogen-bond donors (Lipinski definition) is 0. The smallest absolute Gasteiger partial charge is 0.187 e. The molecule has 130 valence electrons.